The van der Waals surface area contributed by atoms with Gasteiger partial charge in [-0.1, -0.05) is 6.07 Å². The van der Waals surface area contributed by atoms with Crippen molar-refractivity contribution in [2.24, 2.45) is 5.92 Å². The second-order valence-corrected chi connectivity index (χ2v) is 7.30. The smallest absolute Gasteiger partial charge is 0.260 e. The van der Waals surface area contributed by atoms with Gasteiger partial charge in [-0.2, -0.15) is 0 Å². The number of benzene rings is 1. The lowest BCUT2D eigenvalue weighted by Crippen LogP contribution is -2.14. The Morgan fingerprint density at radius 3 is 2.81 bits per heavy atom. The zero-order valence-corrected chi connectivity index (χ0v) is 16.4. The van der Waals surface area contributed by atoms with Gasteiger partial charge in [-0.25, -0.2) is 9.97 Å². The van der Waals surface area contributed by atoms with E-state index in [4.69, 9.17) is 4.74 Å². The fourth-order valence-electron chi connectivity index (χ4n) is 3.08. The highest BCUT2D eigenvalue weighted by Crippen LogP contribution is 2.29. The zero-order chi connectivity index (χ0) is 21.2. The van der Waals surface area contributed by atoms with E-state index in [1.807, 2.05) is 0 Å². The Bertz CT molecular complexity index is 1250. The van der Waals surface area contributed by atoms with Gasteiger partial charge < -0.3 is 14.7 Å². The Balaban J connectivity index is 1.33. The summed E-state index contributed by atoms with van der Waals surface area (Å²) < 4.78 is 5.69. The maximum absolute atomic E-state index is 12.7. The molecular weight excluding hydrogens is 398 g/mol. The molecule has 10 heteroatoms. The van der Waals surface area contributed by atoms with E-state index < -0.39 is 0 Å². The number of hydrogen-bond donors (Lipinski definition) is 4. The Hall–Kier alpha value is -4.21. The highest BCUT2D eigenvalue weighted by molar-refractivity contribution is 6.11. The number of rotatable bonds is 7. The van der Waals surface area contributed by atoms with Crippen LogP contribution < -0.4 is 15.4 Å². The summed E-state index contributed by atoms with van der Waals surface area (Å²) in [6.45, 7) is 0.638. The van der Waals surface area contributed by atoms with Crippen molar-refractivity contribution in [2.45, 2.75) is 12.8 Å². The maximum Gasteiger partial charge on any atom is 0.260 e. The molecule has 1 saturated carbocycles. The number of aromatic nitrogens is 5. The second kappa shape index (κ2) is 7.90. The van der Waals surface area contributed by atoms with Gasteiger partial charge in [0.1, 0.15) is 11.3 Å². The molecule has 31 heavy (non-hydrogen) atoms. The van der Waals surface area contributed by atoms with Gasteiger partial charge >= 0.3 is 0 Å². The lowest BCUT2D eigenvalue weighted by molar-refractivity contribution is 0.101. The highest BCUT2D eigenvalue weighted by atomic mass is 16.5. The first-order valence-electron chi connectivity index (χ1n) is 9.84. The third-order valence-corrected chi connectivity index (χ3v) is 4.88. The Kier molecular flexibility index (Phi) is 4.79. The number of nitrogens with one attached hydrogen (secondary N) is 4. The molecule has 4 aromatic rings. The summed E-state index contributed by atoms with van der Waals surface area (Å²) >= 11 is 0. The van der Waals surface area contributed by atoms with Crippen LogP contribution in [0.4, 0.5) is 11.9 Å². The Morgan fingerprint density at radius 2 is 2.00 bits per heavy atom. The van der Waals surface area contributed by atoms with E-state index in [0.717, 1.165) is 0 Å². The number of nitrogens with zero attached hydrogens (tertiary/aromatic N) is 3. The number of para-hydroxylation sites is 1. The van der Waals surface area contributed by atoms with E-state index in [9.17, 15) is 9.59 Å². The van der Waals surface area contributed by atoms with E-state index in [1.54, 1.807) is 42.9 Å². The molecule has 1 aliphatic rings. The third-order valence-electron chi connectivity index (χ3n) is 4.88. The molecule has 1 aliphatic carbocycles. The topological polar surface area (TPSA) is 138 Å². The van der Waals surface area contributed by atoms with E-state index in [0.29, 0.717) is 46.4 Å². The molecule has 0 radical (unpaired) electrons. The fraction of sp³-hybridized carbons (Fsp3) is 0.190. The van der Waals surface area contributed by atoms with E-state index in [-0.39, 0.29) is 17.8 Å². The zero-order valence-electron chi connectivity index (χ0n) is 16.4. The monoisotopic (exact) mass is 417 g/mol. The number of carbonyl (C=O) groups excluding carboxylic acids is 2. The van der Waals surface area contributed by atoms with Crippen molar-refractivity contribution in [1.29, 1.82) is 0 Å². The quantitative estimate of drug-likeness (QED) is 0.365. The standard InChI is InChI=1S/C21H19N7O3/c29-18(13-8-14(10-22-9-13)31-11-12-4-5-12)27-21-25-16-3-1-2-15(17(16)26-21)19(30)28-20-23-6-7-24-20/h1-3,6-10,12H,4-5,11H2,(H2,23,24,28,30)(H2,25,26,27,29). The summed E-state index contributed by atoms with van der Waals surface area (Å²) in [4.78, 5) is 43.5. The molecule has 0 atom stereocenters. The summed E-state index contributed by atoms with van der Waals surface area (Å²) in [5, 5.41) is 5.38. The SMILES string of the molecule is O=C(Nc1nc2c(C(=O)Nc3ncc[nH]3)cccc2[nH]1)c1cncc(OCC2CC2)c1. The predicted octanol–water partition coefficient (Wildman–Crippen LogP) is 2.97. The molecule has 5 rings (SSSR count). The minimum atomic E-state index is -0.384. The van der Waals surface area contributed by atoms with Crippen molar-refractivity contribution in [3.05, 3.63) is 60.2 Å². The minimum absolute atomic E-state index is 0.225. The molecule has 3 heterocycles. The van der Waals surface area contributed by atoms with Crippen molar-refractivity contribution in [3.8, 4) is 5.75 Å². The van der Waals surface area contributed by atoms with Gasteiger partial charge in [0, 0.05) is 18.6 Å². The average molecular weight is 417 g/mol. The van der Waals surface area contributed by atoms with Crippen LogP contribution in [0.15, 0.2) is 49.1 Å². The lowest BCUT2D eigenvalue weighted by Gasteiger charge is -2.06. The van der Waals surface area contributed by atoms with E-state index in [1.165, 1.54) is 19.0 Å². The molecule has 0 spiro atoms. The van der Waals surface area contributed by atoms with Crippen LogP contribution in [0.5, 0.6) is 5.75 Å². The molecule has 3 aromatic heterocycles. The van der Waals surface area contributed by atoms with Crippen molar-refractivity contribution in [3.63, 3.8) is 0 Å². The van der Waals surface area contributed by atoms with Crippen molar-refractivity contribution < 1.29 is 14.3 Å². The summed E-state index contributed by atoms with van der Waals surface area (Å²) in [5.41, 5.74) is 1.75. The number of carbonyl (C=O) groups is 2. The number of ether oxygens (including phenoxy) is 1. The van der Waals surface area contributed by atoms with Gasteiger partial charge in [0.2, 0.25) is 11.9 Å². The number of fused-ring (bicyclic) bond motifs is 1. The van der Waals surface area contributed by atoms with Gasteiger partial charge in [0.15, 0.2) is 0 Å². The van der Waals surface area contributed by atoms with Crippen molar-refractivity contribution in [1.82, 2.24) is 24.9 Å². The van der Waals surface area contributed by atoms with Gasteiger partial charge in [-0.3, -0.25) is 25.2 Å². The summed E-state index contributed by atoms with van der Waals surface area (Å²) in [5.74, 6) is 0.970. The molecular formula is C21H19N7O3. The molecule has 156 valence electrons. The molecule has 2 amide bonds. The average Bonchev–Trinajstić information content (AvgIpc) is 3.29. The van der Waals surface area contributed by atoms with Gasteiger partial charge in [0.25, 0.3) is 11.8 Å². The van der Waals surface area contributed by atoms with Crippen LogP contribution in [0.2, 0.25) is 0 Å². The first-order chi connectivity index (χ1) is 15.2. The first kappa shape index (κ1) is 18.8. The molecule has 0 aliphatic heterocycles. The van der Waals surface area contributed by atoms with Crippen molar-refractivity contribution >= 4 is 34.7 Å². The summed E-state index contributed by atoms with van der Waals surface area (Å²) in [6, 6.07) is 6.80. The maximum atomic E-state index is 12.7. The number of anilines is 2. The predicted molar refractivity (Wildman–Crippen MR) is 113 cm³/mol. The van der Waals surface area contributed by atoms with E-state index in [2.05, 4.69) is 35.6 Å². The van der Waals surface area contributed by atoms with Crippen LogP contribution >= 0.6 is 0 Å². The highest BCUT2D eigenvalue weighted by Gasteiger charge is 2.22. The molecule has 10 nitrogen and oxygen atoms in total. The number of amides is 2. The molecule has 0 saturated heterocycles. The normalized spacial score (nSPS) is 13.2. The van der Waals surface area contributed by atoms with Crippen LogP contribution in [0.1, 0.15) is 33.6 Å². The minimum Gasteiger partial charge on any atom is -0.492 e. The number of hydrogen-bond acceptors (Lipinski definition) is 6. The van der Waals surface area contributed by atoms with Crippen LogP contribution in [0, 0.1) is 5.92 Å². The number of H-pyrrole nitrogens is 2. The first-order valence-corrected chi connectivity index (χ1v) is 9.84. The molecule has 0 bridgehead atoms. The third kappa shape index (κ3) is 4.22. The van der Waals surface area contributed by atoms with Crippen LogP contribution in [-0.4, -0.2) is 43.3 Å². The number of pyridine rings is 1. The number of imidazole rings is 2. The lowest BCUT2D eigenvalue weighted by atomic mass is 10.2. The van der Waals surface area contributed by atoms with Crippen LogP contribution in [-0.2, 0) is 0 Å². The molecule has 1 fully saturated rings. The second-order valence-electron chi connectivity index (χ2n) is 7.30. The van der Waals surface area contributed by atoms with E-state index >= 15 is 0 Å². The fourth-order valence-corrected chi connectivity index (χ4v) is 3.08. The van der Waals surface area contributed by atoms with Crippen LogP contribution in [0.25, 0.3) is 11.0 Å². The van der Waals surface area contributed by atoms with Gasteiger partial charge in [0.05, 0.1) is 29.4 Å². The van der Waals surface area contributed by atoms with Gasteiger partial charge in [-0.05, 0) is 37.0 Å². The van der Waals surface area contributed by atoms with Crippen LogP contribution in [0.3, 0.4) is 0 Å². The van der Waals surface area contributed by atoms with Crippen molar-refractivity contribution in [2.75, 3.05) is 17.2 Å². The van der Waals surface area contributed by atoms with Gasteiger partial charge in [-0.15, -0.1) is 0 Å². The molecule has 0 unspecified atom stereocenters. The number of aromatic amines is 2. The Labute approximate surface area is 176 Å². The molecule has 4 N–H and O–H groups in total. The molecule has 1 aromatic carbocycles. The summed E-state index contributed by atoms with van der Waals surface area (Å²) in [7, 11) is 0. The Morgan fingerprint density at radius 1 is 1.13 bits per heavy atom. The largest absolute Gasteiger partial charge is 0.492 e. The summed E-state index contributed by atoms with van der Waals surface area (Å²) in [6.07, 6.45) is 8.56.